The second-order valence-electron chi connectivity index (χ2n) is 2.91. The Morgan fingerprint density at radius 1 is 1.77 bits per heavy atom. The first-order valence-electron chi connectivity index (χ1n) is 4.15. The van der Waals surface area contributed by atoms with Crippen LogP contribution in [-0.2, 0) is 11.2 Å². The number of hydrogen-bond donors (Lipinski definition) is 2. The molecule has 0 aliphatic carbocycles. The number of thiophene rings is 1. The third kappa shape index (κ3) is 3.83. The summed E-state index contributed by atoms with van der Waals surface area (Å²) in [5, 5.41) is 4.90. The quantitative estimate of drug-likeness (QED) is 0.736. The Kier molecular flexibility index (Phi) is 4.32. The van der Waals surface area contributed by atoms with Gasteiger partial charge in [0.2, 0.25) is 5.91 Å². The topological polar surface area (TPSA) is 29.1 Å². The SMILES string of the molecule is CC(Cc1cccs1)NC(=O)CS. The minimum absolute atomic E-state index is 0.00705. The minimum atomic E-state index is -0.00705. The van der Waals surface area contributed by atoms with Gasteiger partial charge in [0.15, 0.2) is 0 Å². The highest BCUT2D eigenvalue weighted by Crippen LogP contribution is 2.10. The molecule has 1 N–H and O–H groups in total. The van der Waals surface area contributed by atoms with Gasteiger partial charge in [-0.05, 0) is 18.4 Å². The number of nitrogens with one attached hydrogen (secondary N) is 1. The van der Waals surface area contributed by atoms with Crippen molar-refractivity contribution in [2.75, 3.05) is 5.75 Å². The smallest absolute Gasteiger partial charge is 0.229 e. The van der Waals surface area contributed by atoms with Crippen LogP contribution < -0.4 is 5.32 Å². The van der Waals surface area contributed by atoms with Crippen LogP contribution in [0.1, 0.15) is 11.8 Å². The number of carbonyl (C=O) groups is 1. The third-order valence-corrected chi connectivity index (χ3v) is 2.82. The molecule has 1 heterocycles. The van der Waals surface area contributed by atoms with Crippen LogP contribution >= 0.6 is 24.0 Å². The maximum Gasteiger partial charge on any atom is 0.229 e. The molecular weight excluding hydrogens is 202 g/mol. The average Bonchev–Trinajstić information content (AvgIpc) is 2.56. The summed E-state index contributed by atoms with van der Waals surface area (Å²) in [6.45, 7) is 2.00. The number of rotatable bonds is 4. The van der Waals surface area contributed by atoms with Gasteiger partial charge in [0.1, 0.15) is 0 Å². The van der Waals surface area contributed by atoms with Gasteiger partial charge in [-0.3, -0.25) is 4.79 Å². The minimum Gasteiger partial charge on any atom is -0.353 e. The van der Waals surface area contributed by atoms with Crippen molar-refractivity contribution in [1.82, 2.24) is 5.32 Å². The van der Waals surface area contributed by atoms with Crippen molar-refractivity contribution in [1.29, 1.82) is 0 Å². The van der Waals surface area contributed by atoms with Gasteiger partial charge in [-0.15, -0.1) is 11.3 Å². The molecule has 0 bridgehead atoms. The molecule has 2 nitrogen and oxygen atoms in total. The van der Waals surface area contributed by atoms with E-state index in [0.29, 0.717) is 0 Å². The first kappa shape index (κ1) is 10.6. The van der Waals surface area contributed by atoms with Gasteiger partial charge in [-0.1, -0.05) is 6.07 Å². The summed E-state index contributed by atoms with van der Waals surface area (Å²) in [4.78, 5) is 12.3. The molecule has 0 saturated carbocycles. The number of carbonyl (C=O) groups excluding carboxylic acids is 1. The zero-order valence-electron chi connectivity index (χ0n) is 7.49. The van der Waals surface area contributed by atoms with Crippen molar-refractivity contribution >= 4 is 29.9 Å². The van der Waals surface area contributed by atoms with E-state index in [1.807, 2.05) is 18.4 Å². The Morgan fingerprint density at radius 3 is 3.08 bits per heavy atom. The molecule has 0 spiro atoms. The van der Waals surface area contributed by atoms with Crippen molar-refractivity contribution in [3.63, 3.8) is 0 Å². The summed E-state index contributed by atoms with van der Waals surface area (Å²) in [6, 6.07) is 4.29. The van der Waals surface area contributed by atoms with E-state index >= 15 is 0 Å². The molecule has 1 aromatic heterocycles. The maximum atomic E-state index is 11.0. The molecule has 0 fully saturated rings. The monoisotopic (exact) mass is 215 g/mol. The van der Waals surface area contributed by atoms with Crippen LogP contribution in [0.4, 0.5) is 0 Å². The maximum absolute atomic E-state index is 11.0. The first-order valence-corrected chi connectivity index (χ1v) is 5.66. The van der Waals surface area contributed by atoms with Crippen LogP contribution in [0.25, 0.3) is 0 Å². The van der Waals surface area contributed by atoms with Gasteiger partial charge in [-0.2, -0.15) is 12.6 Å². The van der Waals surface area contributed by atoms with Crippen LogP contribution in [0, 0.1) is 0 Å². The molecule has 0 aliphatic heterocycles. The lowest BCUT2D eigenvalue weighted by atomic mass is 10.2. The van der Waals surface area contributed by atoms with E-state index < -0.39 is 0 Å². The summed E-state index contributed by atoms with van der Waals surface area (Å²) in [6.07, 6.45) is 0.900. The summed E-state index contributed by atoms with van der Waals surface area (Å²) in [7, 11) is 0. The number of hydrogen-bond acceptors (Lipinski definition) is 3. The predicted molar refractivity (Wildman–Crippen MR) is 59.5 cm³/mol. The molecule has 1 rings (SSSR count). The van der Waals surface area contributed by atoms with Crippen LogP contribution in [0.5, 0.6) is 0 Å². The molecule has 0 aromatic carbocycles. The van der Waals surface area contributed by atoms with Crippen molar-refractivity contribution < 1.29 is 4.79 Å². The lowest BCUT2D eigenvalue weighted by Crippen LogP contribution is -2.34. The number of amides is 1. The van der Waals surface area contributed by atoms with Gasteiger partial charge < -0.3 is 5.32 Å². The largest absolute Gasteiger partial charge is 0.353 e. The van der Waals surface area contributed by atoms with Crippen LogP contribution in [0.15, 0.2) is 17.5 Å². The Hall–Kier alpha value is -0.480. The van der Waals surface area contributed by atoms with Crippen molar-refractivity contribution in [3.8, 4) is 0 Å². The van der Waals surface area contributed by atoms with Crippen molar-refractivity contribution in [2.24, 2.45) is 0 Å². The van der Waals surface area contributed by atoms with Crippen LogP contribution in [0.2, 0.25) is 0 Å². The highest BCUT2D eigenvalue weighted by atomic mass is 32.1. The fourth-order valence-electron chi connectivity index (χ4n) is 1.10. The molecule has 4 heteroatoms. The molecule has 1 aromatic rings. The zero-order valence-corrected chi connectivity index (χ0v) is 9.20. The standard InChI is InChI=1S/C9H13NOS2/c1-7(10-9(11)6-12)5-8-3-2-4-13-8/h2-4,7,12H,5-6H2,1H3,(H,10,11). The van der Waals surface area contributed by atoms with E-state index in [1.165, 1.54) is 4.88 Å². The van der Waals surface area contributed by atoms with E-state index in [1.54, 1.807) is 11.3 Å². The molecule has 0 radical (unpaired) electrons. The Balaban J connectivity index is 2.33. The van der Waals surface area contributed by atoms with Gasteiger partial charge >= 0.3 is 0 Å². The molecule has 1 unspecified atom stereocenters. The van der Waals surface area contributed by atoms with Gasteiger partial charge in [-0.25, -0.2) is 0 Å². The summed E-state index contributed by atoms with van der Waals surface area (Å²) in [5.41, 5.74) is 0. The second kappa shape index (κ2) is 5.29. The van der Waals surface area contributed by atoms with E-state index in [9.17, 15) is 4.79 Å². The van der Waals surface area contributed by atoms with Gasteiger partial charge in [0.05, 0.1) is 5.75 Å². The molecular formula is C9H13NOS2. The van der Waals surface area contributed by atoms with Crippen molar-refractivity contribution in [3.05, 3.63) is 22.4 Å². The lowest BCUT2D eigenvalue weighted by molar-refractivity contribution is -0.119. The highest BCUT2D eigenvalue weighted by Gasteiger charge is 2.06. The Bertz CT molecular complexity index is 259. The fraction of sp³-hybridized carbons (Fsp3) is 0.444. The molecule has 0 aliphatic rings. The van der Waals surface area contributed by atoms with Crippen molar-refractivity contribution in [2.45, 2.75) is 19.4 Å². The summed E-state index contributed by atoms with van der Waals surface area (Å²) < 4.78 is 0. The van der Waals surface area contributed by atoms with E-state index in [2.05, 4.69) is 24.0 Å². The fourth-order valence-corrected chi connectivity index (χ4v) is 2.03. The molecule has 1 atom stereocenters. The van der Waals surface area contributed by atoms with Crippen LogP contribution in [-0.4, -0.2) is 17.7 Å². The molecule has 13 heavy (non-hydrogen) atoms. The normalized spacial score (nSPS) is 12.5. The molecule has 0 saturated heterocycles. The zero-order chi connectivity index (χ0) is 9.68. The first-order chi connectivity index (χ1) is 6.22. The third-order valence-electron chi connectivity index (χ3n) is 1.64. The molecule has 72 valence electrons. The second-order valence-corrected chi connectivity index (χ2v) is 4.26. The Labute approximate surface area is 87.8 Å². The highest BCUT2D eigenvalue weighted by molar-refractivity contribution is 7.81. The van der Waals surface area contributed by atoms with Gasteiger partial charge in [0, 0.05) is 17.3 Å². The van der Waals surface area contributed by atoms with Gasteiger partial charge in [0.25, 0.3) is 0 Å². The average molecular weight is 215 g/mol. The molecule has 1 amide bonds. The summed E-state index contributed by atoms with van der Waals surface area (Å²) >= 11 is 5.61. The number of thiol groups is 1. The van der Waals surface area contributed by atoms with E-state index in [-0.39, 0.29) is 17.7 Å². The van der Waals surface area contributed by atoms with E-state index in [4.69, 9.17) is 0 Å². The lowest BCUT2D eigenvalue weighted by Gasteiger charge is -2.11. The van der Waals surface area contributed by atoms with Crippen LogP contribution in [0.3, 0.4) is 0 Å². The predicted octanol–water partition coefficient (Wildman–Crippen LogP) is 1.73. The summed E-state index contributed by atoms with van der Waals surface area (Å²) in [5.74, 6) is 0.252. The Morgan fingerprint density at radius 2 is 2.54 bits per heavy atom. The van der Waals surface area contributed by atoms with E-state index in [0.717, 1.165) is 6.42 Å².